The van der Waals surface area contributed by atoms with Crippen molar-refractivity contribution in [2.24, 2.45) is 0 Å². The Kier molecular flexibility index (Phi) is 5.84. The van der Waals surface area contributed by atoms with Gasteiger partial charge in [-0.15, -0.1) is 0 Å². The van der Waals surface area contributed by atoms with Crippen LogP contribution in [-0.2, 0) is 11.2 Å². The van der Waals surface area contributed by atoms with Gasteiger partial charge in [0, 0.05) is 44.3 Å². The van der Waals surface area contributed by atoms with Gasteiger partial charge >= 0.3 is 0 Å². The molecule has 0 bridgehead atoms. The molecule has 2 heterocycles. The second-order valence-electron chi connectivity index (χ2n) is 7.32. The van der Waals surface area contributed by atoms with E-state index in [4.69, 9.17) is 0 Å². The Morgan fingerprint density at radius 1 is 0.931 bits per heavy atom. The zero-order valence-corrected chi connectivity index (χ0v) is 16.2. The first-order valence-electron chi connectivity index (χ1n) is 9.94. The smallest absolute Gasteiger partial charge is 0.230 e. The normalized spacial score (nSPS) is 15.2. The van der Waals surface area contributed by atoms with Crippen LogP contribution in [0.3, 0.4) is 0 Å². The molecule has 1 fully saturated rings. The average molecular weight is 389 g/mol. The van der Waals surface area contributed by atoms with E-state index in [1.165, 1.54) is 17.8 Å². The van der Waals surface area contributed by atoms with E-state index in [1.54, 1.807) is 24.5 Å². The Morgan fingerprint density at radius 2 is 1.66 bits per heavy atom. The number of aromatic nitrogens is 1. The summed E-state index contributed by atoms with van der Waals surface area (Å²) >= 11 is 0. The molecule has 1 saturated heterocycles. The van der Waals surface area contributed by atoms with Crippen LogP contribution in [0.25, 0.3) is 0 Å². The number of rotatable bonds is 5. The zero-order chi connectivity index (χ0) is 20.1. The van der Waals surface area contributed by atoms with Gasteiger partial charge in [0.1, 0.15) is 5.82 Å². The number of nitrogens with zero attached hydrogens (tertiary/aromatic N) is 3. The van der Waals surface area contributed by atoms with E-state index >= 15 is 0 Å². The monoisotopic (exact) mass is 389 g/mol. The third-order valence-corrected chi connectivity index (χ3v) is 5.45. The van der Waals surface area contributed by atoms with Crippen LogP contribution in [0.1, 0.15) is 17.0 Å². The van der Waals surface area contributed by atoms with Gasteiger partial charge in [-0.3, -0.25) is 9.78 Å². The molecule has 1 atom stereocenters. The van der Waals surface area contributed by atoms with Crippen LogP contribution in [0.4, 0.5) is 10.1 Å². The van der Waals surface area contributed by atoms with Crippen molar-refractivity contribution in [3.05, 3.63) is 96.1 Å². The van der Waals surface area contributed by atoms with Gasteiger partial charge in [-0.1, -0.05) is 36.4 Å². The molecule has 5 heteroatoms. The summed E-state index contributed by atoms with van der Waals surface area (Å²) in [6.45, 7) is 2.97. The Morgan fingerprint density at radius 3 is 2.31 bits per heavy atom. The number of carbonyl (C=O) groups excluding carboxylic acids is 1. The van der Waals surface area contributed by atoms with Crippen LogP contribution < -0.4 is 4.90 Å². The number of amides is 1. The number of carbonyl (C=O) groups is 1. The topological polar surface area (TPSA) is 36.4 Å². The minimum Gasteiger partial charge on any atom is -0.368 e. The molecular formula is C24H24FN3O. The van der Waals surface area contributed by atoms with Crippen molar-refractivity contribution in [2.45, 2.75) is 12.3 Å². The highest BCUT2D eigenvalue weighted by atomic mass is 19.1. The van der Waals surface area contributed by atoms with E-state index in [0.717, 1.165) is 24.2 Å². The van der Waals surface area contributed by atoms with E-state index in [0.29, 0.717) is 19.5 Å². The predicted octanol–water partition coefficient (Wildman–Crippen LogP) is 3.90. The van der Waals surface area contributed by atoms with E-state index in [-0.39, 0.29) is 17.6 Å². The maximum Gasteiger partial charge on any atom is 0.230 e. The van der Waals surface area contributed by atoms with Gasteiger partial charge in [0.2, 0.25) is 5.91 Å². The van der Waals surface area contributed by atoms with Gasteiger partial charge in [-0.25, -0.2) is 4.39 Å². The van der Waals surface area contributed by atoms with E-state index < -0.39 is 0 Å². The average Bonchev–Trinajstić information content (AvgIpc) is 2.79. The van der Waals surface area contributed by atoms with Crippen molar-refractivity contribution in [3.8, 4) is 0 Å². The summed E-state index contributed by atoms with van der Waals surface area (Å²) in [5, 5.41) is 0. The summed E-state index contributed by atoms with van der Waals surface area (Å²) in [4.78, 5) is 21.8. The summed E-state index contributed by atoms with van der Waals surface area (Å²) in [5.74, 6) is -0.547. The highest BCUT2D eigenvalue weighted by molar-refractivity contribution is 5.84. The molecule has 2 aromatic carbocycles. The Labute approximate surface area is 170 Å². The molecule has 1 unspecified atom stereocenters. The largest absolute Gasteiger partial charge is 0.368 e. The van der Waals surface area contributed by atoms with Crippen LogP contribution >= 0.6 is 0 Å². The first kappa shape index (κ1) is 19.1. The second kappa shape index (κ2) is 8.86. The lowest BCUT2D eigenvalue weighted by Crippen LogP contribution is -2.50. The molecule has 1 aliphatic heterocycles. The third kappa shape index (κ3) is 4.62. The lowest BCUT2D eigenvalue weighted by atomic mass is 9.91. The molecule has 3 aromatic rings. The summed E-state index contributed by atoms with van der Waals surface area (Å²) < 4.78 is 13.4. The van der Waals surface area contributed by atoms with E-state index in [9.17, 15) is 9.18 Å². The van der Waals surface area contributed by atoms with E-state index in [2.05, 4.69) is 22.0 Å². The summed E-state index contributed by atoms with van der Waals surface area (Å²) in [6, 6.07) is 20.4. The predicted molar refractivity (Wildman–Crippen MR) is 112 cm³/mol. The van der Waals surface area contributed by atoms with Gasteiger partial charge < -0.3 is 9.80 Å². The zero-order valence-electron chi connectivity index (χ0n) is 16.2. The Bertz CT molecular complexity index is 923. The molecule has 0 N–H and O–H groups in total. The first-order valence-corrected chi connectivity index (χ1v) is 9.94. The number of para-hydroxylation sites is 1. The van der Waals surface area contributed by atoms with Crippen molar-refractivity contribution in [1.29, 1.82) is 0 Å². The lowest BCUT2D eigenvalue weighted by molar-refractivity contribution is -0.133. The fourth-order valence-corrected chi connectivity index (χ4v) is 3.84. The molecular weight excluding hydrogens is 365 g/mol. The number of hydrogen-bond donors (Lipinski definition) is 0. The van der Waals surface area contributed by atoms with Crippen molar-refractivity contribution in [2.75, 3.05) is 31.1 Å². The number of pyridine rings is 1. The van der Waals surface area contributed by atoms with Crippen molar-refractivity contribution >= 4 is 11.6 Å². The van der Waals surface area contributed by atoms with Crippen LogP contribution in [0.5, 0.6) is 0 Å². The van der Waals surface area contributed by atoms with Gasteiger partial charge in [0.15, 0.2) is 0 Å². The van der Waals surface area contributed by atoms with Crippen molar-refractivity contribution in [3.63, 3.8) is 0 Å². The van der Waals surface area contributed by atoms with Crippen LogP contribution in [0.2, 0.25) is 0 Å². The highest BCUT2D eigenvalue weighted by Crippen LogP contribution is 2.25. The summed E-state index contributed by atoms with van der Waals surface area (Å²) in [7, 11) is 0. The number of hydrogen-bond acceptors (Lipinski definition) is 3. The Hall–Kier alpha value is -3.21. The van der Waals surface area contributed by atoms with Gasteiger partial charge in [0.05, 0.1) is 5.92 Å². The molecule has 1 aliphatic rings. The molecule has 0 spiro atoms. The molecule has 4 nitrogen and oxygen atoms in total. The molecule has 0 radical (unpaired) electrons. The lowest BCUT2D eigenvalue weighted by Gasteiger charge is -2.37. The van der Waals surface area contributed by atoms with Crippen LogP contribution in [0, 0.1) is 5.82 Å². The van der Waals surface area contributed by atoms with Gasteiger partial charge in [-0.05, 0) is 47.9 Å². The van der Waals surface area contributed by atoms with Gasteiger partial charge in [-0.2, -0.15) is 0 Å². The number of piperazine rings is 1. The minimum atomic E-state index is -0.344. The van der Waals surface area contributed by atoms with Gasteiger partial charge in [0.25, 0.3) is 0 Å². The summed E-state index contributed by atoms with van der Waals surface area (Å²) in [6.07, 6.45) is 4.06. The molecule has 29 heavy (non-hydrogen) atoms. The van der Waals surface area contributed by atoms with Crippen LogP contribution in [0.15, 0.2) is 79.1 Å². The molecule has 0 saturated carbocycles. The SMILES string of the molecule is O=C(C(Cc1cccnc1)c1ccc(F)cc1)N1CCN(c2ccccc2)CC1. The van der Waals surface area contributed by atoms with E-state index in [1.807, 2.05) is 35.2 Å². The Balaban J connectivity index is 1.50. The fraction of sp³-hybridized carbons (Fsp3) is 0.250. The second-order valence-corrected chi connectivity index (χ2v) is 7.32. The minimum absolute atomic E-state index is 0.0909. The highest BCUT2D eigenvalue weighted by Gasteiger charge is 2.29. The molecule has 1 amide bonds. The number of anilines is 1. The molecule has 4 rings (SSSR count). The maximum atomic E-state index is 13.4. The molecule has 1 aromatic heterocycles. The van der Waals surface area contributed by atoms with Crippen molar-refractivity contribution in [1.82, 2.24) is 9.88 Å². The fourth-order valence-electron chi connectivity index (χ4n) is 3.84. The van der Waals surface area contributed by atoms with Crippen LogP contribution in [-0.4, -0.2) is 42.0 Å². The summed E-state index contributed by atoms with van der Waals surface area (Å²) in [5.41, 5.74) is 3.02. The third-order valence-electron chi connectivity index (χ3n) is 5.45. The molecule has 148 valence electrons. The van der Waals surface area contributed by atoms with Crippen molar-refractivity contribution < 1.29 is 9.18 Å². The standard InChI is InChI=1S/C24H24FN3O/c25-21-10-8-20(9-11-21)23(17-19-5-4-12-26-18-19)24(29)28-15-13-27(14-16-28)22-6-2-1-3-7-22/h1-12,18,23H,13-17H2. The quantitative estimate of drug-likeness (QED) is 0.664. The number of benzene rings is 2. The molecule has 0 aliphatic carbocycles. The number of halogens is 1. The first-order chi connectivity index (χ1) is 14.2. The maximum absolute atomic E-state index is 13.4.